The Morgan fingerprint density at radius 1 is 1.23 bits per heavy atom. The van der Waals surface area contributed by atoms with E-state index in [2.05, 4.69) is 35.4 Å². The first kappa shape index (κ1) is 17.6. The molecule has 4 rings (SSSR count). The van der Waals surface area contributed by atoms with Gasteiger partial charge in [-0.2, -0.15) is 0 Å². The molecule has 1 radical (unpaired) electrons. The molecule has 0 amide bonds. The minimum atomic E-state index is 0.753. The van der Waals surface area contributed by atoms with Gasteiger partial charge in [-0.15, -0.1) is 0 Å². The number of para-hydroxylation sites is 1. The van der Waals surface area contributed by atoms with E-state index in [1.54, 1.807) is 11.3 Å². The minimum Gasteiger partial charge on any atom is -0.483 e. The van der Waals surface area contributed by atoms with Crippen LogP contribution in [0.15, 0.2) is 34.7 Å². The maximum atomic E-state index is 6.15. The van der Waals surface area contributed by atoms with E-state index < -0.39 is 0 Å². The third-order valence-corrected chi connectivity index (χ3v) is 5.83. The first-order valence-electron chi connectivity index (χ1n) is 9.72. The maximum Gasteiger partial charge on any atom is 0.175 e. The molecule has 1 aromatic carbocycles. The van der Waals surface area contributed by atoms with Crippen molar-refractivity contribution in [1.82, 2.24) is 4.90 Å². The molecule has 1 fully saturated rings. The molecular formula is C22H26NO2S. The summed E-state index contributed by atoms with van der Waals surface area (Å²) in [6.45, 7) is 6.41. The third-order valence-electron chi connectivity index (χ3n) is 5.07. The van der Waals surface area contributed by atoms with Gasteiger partial charge < -0.3 is 9.15 Å². The van der Waals surface area contributed by atoms with Crippen molar-refractivity contribution in [2.24, 2.45) is 0 Å². The van der Waals surface area contributed by atoms with Crippen LogP contribution in [0.2, 0.25) is 0 Å². The molecule has 137 valence electrons. The van der Waals surface area contributed by atoms with E-state index in [0.717, 1.165) is 54.4 Å². The molecule has 1 aliphatic heterocycles. The van der Waals surface area contributed by atoms with Crippen LogP contribution < -0.4 is 4.74 Å². The summed E-state index contributed by atoms with van der Waals surface area (Å²) in [5.41, 5.74) is 3.26. The summed E-state index contributed by atoms with van der Waals surface area (Å²) in [5, 5.41) is 5.57. The number of ether oxygens (including phenoxy) is 1. The van der Waals surface area contributed by atoms with Crippen molar-refractivity contribution >= 4 is 22.3 Å². The Bertz CT molecular complexity index is 845. The third kappa shape index (κ3) is 3.81. The molecule has 2 aromatic heterocycles. The predicted molar refractivity (Wildman–Crippen MR) is 108 cm³/mol. The van der Waals surface area contributed by atoms with Crippen LogP contribution in [0.1, 0.15) is 38.4 Å². The fraction of sp³-hybridized carbons (Fsp3) is 0.455. The lowest BCUT2D eigenvalue weighted by Gasteiger charge is -2.13. The normalized spacial score (nSPS) is 15.1. The van der Waals surface area contributed by atoms with Gasteiger partial charge in [0, 0.05) is 35.5 Å². The van der Waals surface area contributed by atoms with Gasteiger partial charge in [0.1, 0.15) is 18.0 Å². The van der Waals surface area contributed by atoms with Crippen LogP contribution in [-0.4, -0.2) is 31.1 Å². The maximum absolute atomic E-state index is 6.15. The monoisotopic (exact) mass is 368 g/mol. The van der Waals surface area contributed by atoms with Gasteiger partial charge in [-0.25, -0.2) is 0 Å². The summed E-state index contributed by atoms with van der Waals surface area (Å²) < 4.78 is 12.1. The largest absolute Gasteiger partial charge is 0.483 e. The molecule has 0 bridgehead atoms. The van der Waals surface area contributed by atoms with Gasteiger partial charge in [-0.1, -0.05) is 42.9 Å². The van der Waals surface area contributed by atoms with Crippen LogP contribution in [-0.2, 0) is 6.42 Å². The highest BCUT2D eigenvalue weighted by Gasteiger charge is 2.17. The van der Waals surface area contributed by atoms with E-state index in [-0.39, 0.29) is 0 Å². The number of nitrogens with zero attached hydrogens (tertiary/aromatic N) is 1. The molecule has 26 heavy (non-hydrogen) atoms. The topological polar surface area (TPSA) is 25.6 Å². The number of furan rings is 1. The van der Waals surface area contributed by atoms with Crippen LogP contribution in [0.3, 0.4) is 0 Å². The zero-order valence-corrected chi connectivity index (χ0v) is 16.2. The molecular weight excluding hydrogens is 342 g/mol. The summed E-state index contributed by atoms with van der Waals surface area (Å²) in [4.78, 5) is 2.48. The molecule has 4 heteroatoms. The highest BCUT2D eigenvalue weighted by molar-refractivity contribution is 7.11. The summed E-state index contributed by atoms with van der Waals surface area (Å²) in [7, 11) is 0. The van der Waals surface area contributed by atoms with Gasteiger partial charge in [-0.3, -0.25) is 4.90 Å². The van der Waals surface area contributed by atoms with E-state index in [0.29, 0.717) is 0 Å². The van der Waals surface area contributed by atoms with Crippen LogP contribution in [0.4, 0.5) is 0 Å². The second kappa shape index (κ2) is 8.28. The highest BCUT2D eigenvalue weighted by atomic mass is 32.1. The van der Waals surface area contributed by atoms with Gasteiger partial charge in [-0.05, 0) is 38.4 Å². The van der Waals surface area contributed by atoms with Gasteiger partial charge in [0.25, 0.3) is 0 Å². The Labute approximate surface area is 159 Å². The fourth-order valence-electron chi connectivity index (χ4n) is 3.66. The number of thiophene rings is 1. The molecule has 0 unspecified atom stereocenters. The average molecular weight is 369 g/mol. The Hall–Kier alpha value is -1.78. The van der Waals surface area contributed by atoms with Crippen molar-refractivity contribution in [3.63, 3.8) is 0 Å². The number of benzene rings is 1. The molecule has 3 aromatic rings. The lowest BCUT2D eigenvalue weighted by molar-refractivity contribution is 0.242. The Balaban J connectivity index is 1.52. The van der Waals surface area contributed by atoms with E-state index in [1.807, 2.05) is 12.1 Å². The number of rotatable bonds is 8. The molecule has 0 saturated carbocycles. The van der Waals surface area contributed by atoms with Crippen molar-refractivity contribution < 1.29 is 9.15 Å². The second-order valence-electron chi connectivity index (χ2n) is 6.98. The summed E-state index contributed by atoms with van der Waals surface area (Å²) in [6, 6.07) is 10.4. The quantitative estimate of drug-likeness (QED) is 0.504. The molecule has 0 spiro atoms. The summed E-state index contributed by atoms with van der Waals surface area (Å²) in [6.07, 6.45) is 5.91. The molecule has 0 N–H and O–H groups in total. The minimum absolute atomic E-state index is 0.753. The molecule has 1 aliphatic rings. The van der Waals surface area contributed by atoms with Gasteiger partial charge in [0.2, 0.25) is 0 Å². The standard InChI is InChI=1S/C22H26NO2S/c1-2-3-9-20-22(18-8-4-5-10-19(18)25-20)17-15-21(26-16-17)24-14-13-23-11-6-7-12-23/h4-5,8,10,15H,2-3,6-7,9,11-14H2,1H3. The average Bonchev–Trinajstić information content (AvgIpc) is 3.39. The van der Waals surface area contributed by atoms with Gasteiger partial charge in [0.15, 0.2) is 5.06 Å². The van der Waals surface area contributed by atoms with Crippen LogP contribution >= 0.6 is 11.3 Å². The first-order valence-corrected chi connectivity index (χ1v) is 10.5. The highest BCUT2D eigenvalue weighted by Crippen LogP contribution is 2.39. The number of likely N-dealkylation sites (tertiary alicyclic amines) is 1. The van der Waals surface area contributed by atoms with Crippen LogP contribution in [0, 0.1) is 5.38 Å². The number of aryl methyl sites for hydroxylation is 1. The molecule has 0 atom stereocenters. The SMILES string of the molecule is CCCCc1oc2ccccc2c1-c1[c]sc(OCCN2CCCC2)c1. The van der Waals surface area contributed by atoms with E-state index in [4.69, 9.17) is 9.15 Å². The van der Waals surface area contributed by atoms with E-state index in [1.165, 1.54) is 36.9 Å². The second-order valence-corrected chi connectivity index (χ2v) is 7.79. The Kier molecular flexibility index (Phi) is 5.61. The van der Waals surface area contributed by atoms with Crippen molar-refractivity contribution in [1.29, 1.82) is 0 Å². The first-order chi connectivity index (χ1) is 12.8. The zero-order chi connectivity index (χ0) is 17.8. The van der Waals surface area contributed by atoms with Crippen LogP contribution in [0.5, 0.6) is 5.06 Å². The Morgan fingerprint density at radius 3 is 2.92 bits per heavy atom. The summed E-state index contributed by atoms with van der Waals surface area (Å²) >= 11 is 1.56. The molecule has 3 nitrogen and oxygen atoms in total. The van der Waals surface area contributed by atoms with Crippen LogP contribution in [0.25, 0.3) is 22.1 Å². The zero-order valence-electron chi connectivity index (χ0n) is 15.4. The fourth-order valence-corrected chi connectivity index (χ4v) is 4.35. The number of hydrogen-bond donors (Lipinski definition) is 0. The van der Waals surface area contributed by atoms with Crippen molar-refractivity contribution in [3.8, 4) is 16.2 Å². The summed E-state index contributed by atoms with van der Waals surface area (Å²) in [5.74, 6) is 1.07. The molecule has 1 saturated heterocycles. The molecule has 3 heterocycles. The van der Waals surface area contributed by atoms with E-state index in [9.17, 15) is 0 Å². The van der Waals surface area contributed by atoms with Crippen molar-refractivity contribution in [3.05, 3.63) is 41.5 Å². The smallest absolute Gasteiger partial charge is 0.175 e. The number of unbranched alkanes of at least 4 members (excludes halogenated alkanes) is 1. The van der Waals surface area contributed by atoms with Gasteiger partial charge >= 0.3 is 0 Å². The Morgan fingerprint density at radius 2 is 2.08 bits per heavy atom. The van der Waals surface area contributed by atoms with E-state index >= 15 is 0 Å². The lowest BCUT2D eigenvalue weighted by atomic mass is 10.0. The lowest BCUT2D eigenvalue weighted by Crippen LogP contribution is -2.24. The van der Waals surface area contributed by atoms with Crippen molar-refractivity contribution in [2.75, 3.05) is 26.2 Å². The van der Waals surface area contributed by atoms with Crippen molar-refractivity contribution in [2.45, 2.75) is 39.0 Å². The number of hydrogen-bond acceptors (Lipinski definition) is 4. The molecule has 0 aliphatic carbocycles. The predicted octanol–water partition coefficient (Wildman–Crippen LogP) is 5.78. The number of fused-ring (bicyclic) bond motifs is 1. The van der Waals surface area contributed by atoms with Gasteiger partial charge in [0.05, 0.1) is 5.38 Å².